The van der Waals surface area contributed by atoms with Crippen LogP contribution < -0.4 is 34.5 Å². The second-order valence-electron chi connectivity index (χ2n) is 2.66. The van der Waals surface area contributed by atoms with E-state index in [1.54, 1.807) is 30.3 Å². The van der Waals surface area contributed by atoms with Crippen molar-refractivity contribution in [3.63, 3.8) is 0 Å². The number of hydrogen-bond acceptors (Lipinski definition) is 2. The Morgan fingerprint density at radius 1 is 1.43 bits per heavy atom. The molecule has 0 radical (unpaired) electrons. The minimum atomic E-state index is -4.37. The van der Waals surface area contributed by atoms with Crippen molar-refractivity contribution < 1.29 is 43.9 Å². The Morgan fingerprint density at radius 2 is 1.93 bits per heavy atom. The fourth-order valence-corrected chi connectivity index (χ4v) is 1.92. The monoisotopic (exact) mass is 220 g/mol. The normalized spacial score (nSPS) is 16.1. The zero-order valence-corrected chi connectivity index (χ0v) is 10.9. The molecule has 0 bridgehead atoms. The first-order valence-electron chi connectivity index (χ1n) is 3.76. The summed E-state index contributed by atoms with van der Waals surface area (Å²) in [6, 6.07) is 8.46. The molecule has 0 heterocycles. The summed E-state index contributed by atoms with van der Waals surface area (Å²) in [6.45, 7) is 3.37. The third-order valence-corrected chi connectivity index (χ3v) is 2.93. The van der Waals surface area contributed by atoms with Crippen LogP contribution in [-0.2, 0) is 4.57 Å². The van der Waals surface area contributed by atoms with Crippen LogP contribution in [0.4, 0.5) is 0 Å². The predicted molar refractivity (Wildman–Crippen MR) is 49.2 cm³/mol. The Kier molecular flexibility index (Phi) is 5.91. The Labute approximate surface area is 105 Å². The van der Waals surface area contributed by atoms with E-state index in [2.05, 4.69) is 6.58 Å². The summed E-state index contributed by atoms with van der Waals surface area (Å²) >= 11 is 0. The molecule has 0 aliphatic carbocycles. The standard InChI is InChI=1S/C9H11O3P.Na/c1-2-9(13(10,11)12)8-6-4-3-5-7-8;/h2-7,9H,1H2,(H2,10,11,12);/q;+1/p-1. The average molecular weight is 220 g/mol. The molecule has 14 heavy (non-hydrogen) atoms. The van der Waals surface area contributed by atoms with Crippen molar-refractivity contribution in [3.8, 4) is 0 Å². The van der Waals surface area contributed by atoms with Crippen LogP contribution in [0.5, 0.6) is 0 Å². The van der Waals surface area contributed by atoms with E-state index >= 15 is 0 Å². The van der Waals surface area contributed by atoms with Gasteiger partial charge in [-0.1, -0.05) is 36.4 Å². The van der Waals surface area contributed by atoms with E-state index in [-0.39, 0.29) is 29.6 Å². The first-order chi connectivity index (χ1) is 6.05. The van der Waals surface area contributed by atoms with Gasteiger partial charge in [0.15, 0.2) is 0 Å². The third kappa shape index (κ3) is 3.70. The molecular formula is C9H10NaO3P. The summed E-state index contributed by atoms with van der Waals surface area (Å²) in [5.74, 6) is 0. The quantitative estimate of drug-likeness (QED) is 0.381. The van der Waals surface area contributed by atoms with Crippen molar-refractivity contribution in [2.24, 2.45) is 0 Å². The molecule has 1 N–H and O–H groups in total. The van der Waals surface area contributed by atoms with Crippen LogP contribution in [0.2, 0.25) is 0 Å². The van der Waals surface area contributed by atoms with Gasteiger partial charge in [-0.3, -0.25) is 0 Å². The Bertz CT molecular complexity index is 333. The first-order valence-corrected chi connectivity index (χ1v) is 5.41. The molecule has 0 aliphatic heterocycles. The first kappa shape index (κ1) is 14.1. The van der Waals surface area contributed by atoms with E-state index in [4.69, 9.17) is 4.89 Å². The van der Waals surface area contributed by atoms with Crippen LogP contribution in [0.15, 0.2) is 43.0 Å². The summed E-state index contributed by atoms with van der Waals surface area (Å²) in [4.78, 5) is 19.7. The van der Waals surface area contributed by atoms with Gasteiger partial charge < -0.3 is 14.4 Å². The number of benzene rings is 1. The van der Waals surface area contributed by atoms with Crippen LogP contribution in [0.1, 0.15) is 11.2 Å². The molecule has 2 unspecified atom stereocenters. The van der Waals surface area contributed by atoms with E-state index in [1.165, 1.54) is 6.08 Å². The average Bonchev–Trinajstić information content (AvgIpc) is 2.05. The Balaban J connectivity index is 0.00000169. The second kappa shape index (κ2) is 5.86. The molecule has 0 fully saturated rings. The van der Waals surface area contributed by atoms with Crippen molar-refractivity contribution in [2.75, 3.05) is 0 Å². The topological polar surface area (TPSA) is 60.4 Å². The van der Waals surface area contributed by atoms with Gasteiger partial charge in [0.2, 0.25) is 0 Å². The molecule has 0 aliphatic rings. The molecule has 0 spiro atoms. The molecule has 2 atom stereocenters. The molecule has 0 saturated heterocycles. The molecule has 3 nitrogen and oxygen atoms in total. The molecule has 5 heteroatoms. The van der Waals surface area contributed by atoms with Gasteiger partial charge in [0, 0.05) is 0 Å². The van der Waals surface area contributed by atoms with Crippen molar-refractivity contribution >= 4 is 7.60 Å². The number of allylic oxidation sites excluding steroid dienone is 1. The summed E-state index contributed by atoms with van der Waals surface area (Å²) in [5, 5.41) is 0. The van der Waals surface area contributed by atoms with Crippen LogP contribution in [0, 0.1) is 0 Å². The van der Waals surface area contributed by atoms with E-state index < -0.39 is 13.3 Å². The van der Waals surface area contributed by atoms with E-state index in [1.807, 2.05) is 0 Å². The van der Waals surface area contributed by atoms with Gasteiger partial charge in [0.1, 0.15) is 7.60 Å². The van der Waals surface area contributed by atoms with Crippen molar-refractivity contribution in [2.45, 2.75) is 5.66 Å². The third-order valence-electron chi connectivity index (χ3n) is 1.72. The maximum Gasteiger partial charge on any atom is 1.00 e. The summed E-state index contributed by atoms with van der Waals surface area (Å²) in [5.41, 5.74) is -0.480. The summed E-state index contributed by atoms with van der Waals surface area (Å²) in [7, 11) is -4.37. The maximum atomic E-state index is 10.9. The van der Waals surface area contributed by atoms with E-state index in [0.717, 1.165) is 0 Å². The Hall–Kier alpha value is 0.110. The molecule has 1 rings (SSSR count). The molecule has 1 aromatic carbocycles. The minimum Gasteiger partial charge on any atom is -0.778 e. The van der Waals surface area contributed by atoms with E-state index in [9.17, 15) is 9.46 Å². The van der Waals surface area contributed by atoms with Crippen LogP contribution in [0.25, 0.3) is 0 Å². The summed E-state index contributed by atoms with van der Waals surface area (Å²) in [6.07, 6.45) is 1.21. The van der Waals surface area contributed by atoms with Gasteiger partial charge >= 0.3 is 29.6 Å². The van der Waals surface area contributed by atoms with Crippen molar-refractivity contribution in [3.05, 3.63) is 48.6 Å². The number of rotatable bonds is 3. The Morgan fingerprint density at radius 3 is 2.29 bits per heavy atom. The van der Waals surface area contributed by atoms with E-state index in [0.29, 0.717) is 5.56 Å². The van der Waals surface area contributed by atoms with Crippen molar-refractivity contribution in [1.82, 2.24) is 0 Å². The van der Waals surface area contributed by atoms with Gasteiger partial charge in [-0.05, 0) is 5.56 Å². The molecule has 1 aromatic rings. The predicted octanol–water partition coefficient (Wildman–Crippen LogP) is -1.54. The maximum absolute atomic E-state index is 10.9. The minimum absolute atomic E-state index is 0. The fourth-order valence-electron chi connectivity index (χ4n) is 1.11. The summed E-state index contributed by atoms with van der Waals surface area (Å²) < 4.78 is 10.9. The largest absolute Gasteiger partial charge is 1.00 e. The number of hydrogen-bond donors (Lipinski definition) is 1. The molecule has 0 saturated carbocycles. The van der Waals surface area contributed by atoms with Crippen LogP contribution in [0.3, 0.4) is 0 Å². The second-order valence-corrected chi connectivity index (χ2v) is 4.34. The zero-order chi connectivity index (χ0) is 9.90. The molecular weight excluding hydrogens is 210 g/mol. The molecule has 0 amide bonds. The van der Waals surface area contributed by atoms with Crippen LogP contribution >= 0.6 is 7.60 Å². The van der Waals surface area contributed by atoms with Gasteiger partial charge in [0.25, 0.3) is 0 Å². The van der Waals surface area contributed by atoms with Crippen LogP contribution in [-0.4, -0.2) is 4.89 Å². The smallest absolute Gasteiger partial charge is 0.778 e. The van der Waals surface area contributed by atoms with Crippen molar-refractivity contribution in [1.29, 1.82) is 0 Å². The van der Waals surface area contributed by atoms with Gasteiger partial charge in [-0.25, -0.2) is 0 Å². The molecule has 0 aromatic heterocycles. The zero-order valence-electron chi connectivity index (χ0n) is 7.96. The van der Waals surface area contributed by atoms with Gasteiger partial charge in [-0.15, -0.1) is 6.58 Å². The fraction of sp³-hybridized carbons (Fsp3) is 0.111. The SMILES string of the molecule is C=CC(c1ccccc1)P(=O)([O-])O.[Na+]. The van der Waals surface area contributed by atoms with Gasteiger partial charge in [0.05, 0.1) is 5.66 Å². The van der Waals surface area contributed by atoms with Gasteiger partial charge in [-0.2, -0.15) is 0 Å². The molecule has 70 valence electrons.